The maximum absolute atomic E-state index is 12.1. The number of sulfonamides is 1. The topological polar surface area (TPSA) is 70.6 Å². The van der Waals surface area contributed by atoms with Crippen LogP contribution in [0, 0.1) is 0 Å². The Morgan fingerprint density at radius 1 is 1.14 bits per heavy atom. The summed E-state index contributed by atoms with van der Waals surface area (Å²) < 4.78 is 27.8. The van der Waals surface area contributed by atoms with Crippen molar-refractivity contribution in [2.75, 3.05) is 6.54 Å². The van der Waals surface area contributed by atoms with Gasteiger partial charge in [0, 0.05) is 6.54 Å². The van der Waals surface area contributed by atoms with Gasteiger partial charge in [-0.2, -0.15) is 8.42 Å². The lowest BCUT2D eigenvalue weighted by Crippen LogP contribution is -2.31. The zero-order chi connectivity index (χ0) is 15.1. The molecule has 0 aliphatic carbocycles. The van der Waals surface area contributed by atoms with Crippen molar-refractivity contribution in [3.05, 3.63) is 42.5 Å². The second-order valence-corrected chi connectivity index (χ2v) is 6.28. The number of benzene rings is 2. The fourth-order valence-corrected chi connectivity index (χ4v) is 2.70. The smallest absolute Gasteiger partial charge is 0.283 e. The first-order chi connectivity index (χ1) is 10.1. The van der Waals surface area contributed by atoms with Gasteiger partial charge in [0.15, 0.2) is 0 Å². The Kier molecular flexibility index (Phi) is 5.30. The molecule has 0 radical (unpaired) electrons. The molecule has 0 aromatic heterocycles. The van der Waals surface area contributed by atoms with E-state index in [4.69, 9.17) is 0 Å². The normalized spacial score (nSPS) is 12.0. The molecule has 5 nitrogen and oxygen atoms in total. The van der Waals surface area contributed by atoms with Crippen molar-refractivity contribution in [3.8, 4) is 0 Å². The predicted molar refractivity (Wildman–Crippen MR) is 85.7 cm³/mol. The van der Waals surface area contributed by atoms with Crippen LogP contribution in [-0.2, 0) is 10.0 Å². The predicted octanol–water partition coefficient (Wildman–Crippen LogP) is 2.45. The number of hydrogen-bond donors (Lipinski definition) is 2. The van der Waals surface area contributed by atoms with Gasteiger partial charge in [-0.1, -0.05) is 43.7 Å². The lowest BCUT2D eigenvalue weighted by Gasteiger charge is -2.03. The van der Waals surface area contributed by atoms with E-state index in [0.29, 0.717) is 0 Å². The van der Waals surface area contributed by atoms with Crippen LogP contribution in [0.3, 0.4) is 0 Å². The van der Waals surface area contributed by atoms with Crippen molar-refractivity contribution < 1.29 is 8.42 Å². The molecule has 2 N–H and O–H groups in total. The summed E-state index contributed by atoms with van der Waals surface area (Å²) in [6.45, 7) is 2.85. The van der Waals surface area contributed by atoms with Crippen molar-refractivity contribution in [3.63, 3.8) is 0 Å². The molecule has 0 bridgehead atoms. The average molecular weight is 305 g/mol. The van der Waals surface area contributed by atoms with E-state index >= 15 is 0 Å². The third-order valence-corrected chi connectivity index (χ3v) is 4.26. The van der Waals surface area contributed by atoms with Gasteiger partial charge in [-0.05, 0) is 29.3 Å². The number of fused-ring (bicyclic) bond motifs is 1. The zero-order valence-electron chi connectivity index (χ0n) is 11.9. The summed E-state index contributed by atoms with van der Waals surface area (Å²) in [5, 5.41) is 1.88. The van der Waals surface area contributed by atoms with Gasteiger partial charge in [0.1, 0.15) is 6.34 Å². The highest BCUT2D eigenvalue weighted by Gasteiger charge is 2.11. The molecule has 0 saturated heterocycles. The third-order valence-electron chi connectivity index (χ3n) is 3.03. The lowest BCUT2D eigenvalue weighted by molar-refractivity contribution is 0.596. The highest BCUT2D eigenvalue weighted by Crippen LogP contribution is 2.19. The van der Waals surface area contributed by atoms with Crippen LogP contribution in [0.25, 0.3) is 10.8 Å². The monoisotopic (exact) mass is 305 g/mol. The highest BCUT2D eigenvalue weighted by molar-refractivity contribution is 7.90. The number of hydrazine groups is 1. The van der Waals surface area contributed by atoms with Crippen LogP contribution in [0.15, 0.2) is 51.8 Å². The summed E-state index contributed by atoms with van der Waals surface area (Å²) in [5.74, 6) is 0. The van der Waals surface area contributed by atoms with Gasteiger partial charge in [0.2, 0.25) is 0 Å². The van der Waals surface area contributed by atoms with Crippen molar-refractivity contribution in [2.45, 2.75) is 24.7 Å². The summed E-state index contributed by atoms with van der Waals surface area (Å²) in [4.78, 5) is 0.188. The van der Waals surface area contributed by atoms with Crippen molar-refractivity contribution in [1.82, 2.24) is 10.9 Å². The van der Waals surface area contributed by atoms with Gasteiger partial charge in [-0.3, -0.25) is 0 Å². The van der Waals surface area contributed by atoms with E-state index in [1.165, 1.54) is 6.34 Å². The maximum atomic E-state index is 12.1. The molecule has 0 spiro atoms. The highest BCUT2D eigenvalue weighted by atomic mass is 32.2. The van der Waals surface area contributed by atoms with Crippen molar-refractivity contribution in [2.24, 2.45) is 4.40 Å². The Balaban J connectivity index is 2.08. The molecule has 0 amide bonds. The van der Waals surface area contributed by atoms with Crippen LogP contribution in [0.1, 0.15) is 19.8 Å². The van der Waals surface area contributed by atoms with Crippen LogP contribution >= 0.6 is 0 Å². The fourth-order valence-electron chi connectivity index (χ4n) is 1.87. The molecule has 21 heavy (non-hydrogen) atoms. The summed E-state index contributed by atoms with van der Waals surface area (Å²) >= 11 is 0. The van der Waals surface area contributed by atoms with E-state index in [0.717, 1.165) is 30.2 Å². The van der Waals surface area contributed by atoms with Gasteiger partial charge in [-0.15, -0.1) is 4.40 Å². The second kappa shape index (κ2) is 7.19. The molecule has 0 aliphatic rings. The Morgan fingerprint density at radius 2 is 1.90 bits per heavy atom. The summed E-state index contributed by atoms with van der Waals surface area (Å²) in [7, 11) is -3.68. The minimum atomic E-state index is -3.68. The van der Waals surface area contributed by atoms with Gasteiger partial charge in [-0.25, -0.2) is 5.43 Å². The summed E-state index contributed by atoms with van der Waals surface area (Å²) in [6.07, 6.45) is 3.25. The van der Waals surface area contributed by atoms with E-state index in [1.807, 2.05) is 24.3 Å². The fraction of sp³-hybridized carbons (Fsp3) is 0.267. The Morgan fingerprint density at radius 3 is 2.67 bits per heavy atom. The second-order valence-electron chi connectivity index (χ2n) is 4.64. The third kappa shape index (κ3) is 4.27. The number of hydrogen-bond acceptors (Lipinski definition) is 3. The molecule has 2 aromatic carbocycles. The average Bonchev–Trinajstić information content (AvgIpc) is 2.50. The van der Waals surface area contributed by atoms with Crippen LogP contribution in [0.2, 0.25) is 0 Å². The van der Waals surface area contributed by atoms with Crippen LogP contribution in [0.4, 0.5) is 0 Å². The van der Waals surface area contributed by atoms with Crippen LogP contribution < -0.4 is 10.9 Å². The number of nitrogens with zero attached hydrogens (tertiary/aromatic N) is 1. The first kappa shape index (κ1) is 15.5. The van der Waals surface area contributed by atoms with Gasteiger partial charge in [0.05, 0.1) is 4.90 Å². The van der Waals surface area contributed by atoms with Gasteiger partial charge in [0.25, 0.3) is 10.0 Å². The zero-order valence-corrected chi connectivity index (χ0v) is 12.7. The molecule has 2 aromatic rings. The largest absolute Gasteiger partial charge is 0.311 e. The molecule has 0 saturated carbocycles. The Labute approximate surface area is 125 Å². The summed E-state index contributed by atoms with van der Waals surface area (Å²) in [6, 6.07) is 12.6. The molecular weight excluding hydrogens is 286 g/mol. The first-order valence-corrected chi connectivity index (χ1v) is 8.33. The standard InChI is InChI=1S/C15H19N3O2S/c1-2-3-10-16-17-12-18-21(19,20)15-9-8-13-6-4-5-7-14(13)11-15/h4-9,11-12,16H,2-3,10H2,1H3,(H,17,18). The molecule has 2 rings (SSSR count). The van der Waals surface area contributed by atoms with Crippen LogP contribution in [-0.4, -0.2) is 21.3 Å². The first-order valence-electron chi connectivity index (χ1n) is 6.89. The van der Waals surface area contributed by atoms with E-state index in [2.05, 4.69) is 22.2 Å². The lowest BCUT2D eigenvalue weighted by atomic mass is 10.1. The molecule has 0 unspecified atom stereocenters. The Hall–Kier alpha value is -1.92. The quantitative estimate of drug-likeness (QED) is 0.357. The van der Waals surface area contributed by atoms with Crippen molar-refractivity contribution >= 4 is 27.1 Å². The van der Waals surface area contributed by atoms with Crippen LogP contribution in [0.5, 0.6) is 0 Å². The summed E-state index contributed by atoms with van der Waals surface area (Å²) in [5.41, 5.74) is 5.54. The van der Waals surface area contributed by atoms with E-state index in [9.17, 15) is 8.42 Å². The van der Waals surface area contributed by atoms with Crippen molar-refractivity contribution in [1.29, 1.82) is 0 Å². The molecular formula is C15H19N3O2S. The van der Waals surface area contributed by atoms with E-state index < -0.39 is 10.0 Å². The maximum Gasteiger partial charge on any atom is 0.283 e. The molecule has 0 atom stereocenters. The molecule has 0 heterocycles. The number of nitrogens with one attached hydrogen (secondary N) is 2. The van der Waals surface area contributed by atoms with Gasteiger partial charge >= 0.3 is 0 Å². The minimum absolute atomic E-state index is 0.188. The molecule has 0 fully saturated rings. The molecule has 112 valence electrons. The van der Waals surface area contributed by atoms with E-state index in [1.54, 1.807) is 18.2 Å². The SMILES string of the molecule is CCCCNNC=NS(=O)(=O)c1ccc2ccccc2c1. The minimum Gasteiger partial charge on any atom is -0.311 e. The Bertz CT molecular complexity index is 727. The molecule has 6 heteroatoms. The number of unbranched alkanes of at least 4 members (excludes halogenated alkanes) is 1. The molecule has 0 aliphatic heterocycles. The van der Waals surface area contributed by atoms with Gasteiger partial charge < -0.3 is 5.43 Å². The number of rotatable bonds is 7. The van der Waals surface area contributed by atoms with E-state index in [-0.39, 0.29) is 4.90 Å².